The van der Waals surface area contributed by atoms with Gasteiger partial charge in [-0.1, -0.05) is 20.3 Å². The van der Waals surface area contributed by atoms with Gasteiger partial charge in [0, 0.05) is 32.6 Å². The lowest BCUT2D eigenvalue weighted by Gasteiger charge is -2.34. The third kappa shape index (κ3) is 5.04. The molecular weight excluding hydrogens is 230 g/mol. The number of likely N-dealkylation sites (N-methyl/N-ethyl adjacent to an activating group) is 1. The second kappa shape index (κ2) is 8.08. The van der Waals surface area contributed by atoms with E-state index in [4.69, 9.17) is 0 Å². The molecule has 0 aromatic heterocycles. The van der Waals surface area contributed by atoms with Gasteiger partial charge in [0.25, 0.3) is 0 Å². The van der Waals surface area contributed by atoms with Gasteiger partial charge in [0.15, 0.2) is 0 Å². The molecular formula is C13H25N3O2. The molecule has 0 bridgehead atoms. The third-order valence-electron chi connectivity index (χ3n) is 3.37. The Bertz CT molecular complexity index is 273. The lowest BCUT2D eigenvalue weighted by molar-refractivity contribution is -0.134. The van der Waals surface area contributed by atoms with E-state index in [1.165, 1.54) is 0 Å². The topological polar surface area (TPSA) is 52.7 Å². The van der Waals surface area contributed by atoms with Crippen LogP contribution in [0, 0.1) is 0 Å². The fraction of sp³-hybridized carbons (Fsp3) is 0.846. The smallest absolute Gasteiger partial charge is 0.242 e. The fourth-order valence-corrected chi connectivity index (χ4v) is 2.03. The molecule has 5 nitrogen and oxygen atoms in total. The first-order valence-electron chi connectivity index (χ1n) is 6.94. The maximum Gasteiger partial charge on any atom is 0.242 e. The van der Waals surface area contributed by atoms with E-state index in [1.807, 2.05) is 11.8 Å². The Morgan fingerprint density at radius 3 is 2.33 bits per heavy atom. The van der Waals surface area contributed by atoms with Crippen LogP contribution in [-0.4, -0.2) is 60.9 Å². The Morgan fingerprint density at radius 2 is 1.78 bits per heavy atom. The molecule has 1 aliphatic rings. The number of unbranched alkanes of at least 4 members (excludes halogenated alkanes) is 1. The lowest BCUT2D eigenvalue weighted by atomic mass is 10.2. The predicted molar refractivity (Wildman–Crippen MR) is 71.2 cm³/mol. The highest BCUT2D eigenvalue weighted by molar-refractivity contribution is 5.84. The maximum atomic E-state index is 11.9. The van der Waals surface area contributed by atoms with Gasteiger partial charge in [0.05, 0.1) is 6.54 Å². The number of hydrogen-bond donors (Lipinski definition) is 1. The van der Waals surface area contributed by atoms with Crippen molar-refractivity contribution in [2.24, 2.45) is 0 Å². The minimum atomic E-state index is -0.0163. The van der Waals surface area contributed by atoms with E-state index < -0.39 is 0 Å². The number of hydrogen-bond acceptors (Lipinski definition) is 3. The maximum absolute atomic E-state index is 11.9. The van der Waals surface area contributed by atoms with Crippen LogP contribution >= 0.6 is 0 Å². The molecule has 0 aromatic rings. The summed E-state index contributed by atoms with van der Waals surface area (Å²) in [4.78, 5) is 27.4. The average molecular weight is 255 g/mol. The van der Waals surface area contributed by atoms with Crippen molar-refractivity contribution in [2.45, 2.75) is 33.1 Å². The summed E-state index contributed by atoms with van der Waals surface area (Å²) in [7, 11) is 0. The Labute approximate surface area is 110 Å². The van der Waals surface area contributed by atoms with E-state index in [1.54, 1.807) is 0 Å². The normalized spacial score (nSPS) is 16.7. The zero-order valence-electron chi connectivity index (χ0n) is 11.6. The molecule has 0 unspecified atom stereocenters. The summed E-state index contributed by atoms with van der Waals surface area (Å²) in [6, 6.07) is 0. The Morgan fingerprint density at radius 1 is 1.11 bits per heavy atom. The summed E-state index contributed by atoms with van der Waals surface area (Å²) in [5.74, 6) is 0.0213. The number of nitrogens with one attached hydrogen (secondary N) is 1. The standard InChI is InChI=1S/C13H25N3O2/c1-3-5-6-12(17)14-11-13(18)16-9-7-15(4-2)8-10-16/h3-11H2,1-2H3,(H,14,17). The molecule has 1 rings (SSSR count). The molecule has 2 amide bonds. The van der Waals surface area contributed by atoms with Crippen LogP contribution in [0.2, 0.25) is 0 Å². The van der Waals surface area contributed by atoms with E-state index in [2.05, 4.69) is 17.1 Å². The van der Waals surface area contributed by atoms with Crippen molar-refractivity contribution >= 4 is 11.8 Å². The van der Waals surface area contributed by atoms with Crippen LogP contribution in [0.3, 0.4) is 0 Å². The quantitative estimate of drug-likeness (QED) is 0.750. The summed E-state index contributed by atoms with van der Waals surface area (Å²) in [6.07, 6.45) is 2.41. The van der Waals surface area contributed by atoms with Crippen LogP contribution in [0.1, 0.15) is 33.1 Å². The van der Waals surface area contributed by atoms with Gasteiger partial charge in [0.2, 0.25) is 11.8 Å². The van der Waals surface area contributed by atoms with Gasteiger partial charge in [-0.05, 0) is 13.0 Å². The first-order valence-corrected chi connectivity index (χ1v) is 6.94. The highest BCUT2D eigenvalue weighted by Gasteiger charge is 2.19. The van der Waals surface area contributed by atoms with E-state index in [-0.39, 0.29) is 18.4 Å². The molecule has 1 aliphatic heterocycles. The number of piperazine rings is 1. The molecule has 0 atom stereocenters. The van der Waals surface area contributed by atoms with Crippen molar-refractivity contribution in [3.8, 4) is 0 Å². The minimum Gasteiger partial charge on any atom is -0.347 e. The molecule has 1 N–H and O–H groups in total. The van der Waals surface area contributed by atoms with Crippen LogP contribution in [0.5, 0.6) is 0 Å². The molecule has 1 saturated heterocycles. The molecule has 0 aliphatic carbocycles. The van der Waals surface area contributed by atoms with Gasteiger partial charge < -0.3 is 15.1 Å². The molecule has 0 radical (unpaired) electrons. The van der Waals surface area contributed by atoms with E-state index in [0.29, 0.717) is 6.42 Å². The Hall–Kier alpha value is -1.10. The van der Waals surface area contributed by atoms with Gasteiger partial charge in [-0.25, -0.2) is 0 Å². The SMILES string of the molecule is CCCCC(=O)NCC(=O)N1CCN(CC)CC1. The highest BCUT2D eigenvalue weighted by Crippen LogP contribution is 2.01. The number of nitrogens with zero attached hydrogens (tertiary/aromatic N) is 2. The molecule has 104 valence electrons. The highest BCUT2D eigenvalue weighted by atomic mass is 16.2. The first-order chi connectivity index (χ1) is 8.67. The van der Waals surface area contributed by atoms with Crippen molar-refractivity contribution in [3.05, 3.63) is 0 Å². The van der Waals surface area contributed by atoms with Crippen LogP contribution in [0.15, 0.2) is 0 Å². The number of rotatable bonds is 6. The molecule has 0 saturated carbocycles. The Balaban J connectivity index is 2.19. The summed E-state index contributed by atoms with van der Waals surface area (Å²) in [5, 5.41) is 2.70. The third-order valence-corrected chi connectivity index (χ3v) is 3.37. The first kappa shape index (κ1) is 15.0. The van der Waals surface area contributed by atoms with Gasteiger partial charge in [-0.3, -0.25) is 9.59 Å². The number of carbonyl (C=O) groups is 2. The summed E-state index contributed by atoms with van der Waals surface area (Å²) in [5.41, 5.74) is 0. The van der Waals surface area contributed by atoms with Crippen LogP contribution in [-0.2, 0) is 9.59 Å². The zero-order chi connectivity index (χ0) is 13.4. The minimum absolute atomic E-state index is 0.0163. The van der Waals surface area contributed by atoms with Gasteiger partial charge in [0.1, 0.15) is 0 Å². The molecule has 5 heteroatoms. The number of amides is 2. The van der Waals surface area contributed by atoms with Crippen molar-refractivity contribution in [3.63, 3.8) is 0 Å². The average Bonchev–Trinajstić information content (AvgIpc) is 2.42. The van der Waals surface area contributed by atoms with E-state index >= 15 is 0 Å². The predicted octanol–water partition coefficient (Wildman–Crippen LogP) is 0.457. The van der Waals surface area contributed by atoms with Crippen molar-refractivity contribution < 1.29 is 9.59 Å². The second-order valence-corrected chi connectivity index (χ2v) is 4.70. The van der Waals surface area contributed by atoms with E-state index in [0.717, 1.165) is 45.6 Å². The van der Waals surface area contributed by atoms with Crippen LogP contribution < -0.4 is 5.32 Å². The van der Waals surface area contributed by atoms with Gasteiger partial charge in [-0.2, -0.15) is 0 Å². The van der Waals surface area contributed by atoms with Crippen molar-refractivity contribution in [1.29, 1.82) is 0 Å². The molecule has 1 fully saturated rings. The summed E-state index contributed by atoms with van der Waals surface area (Å²) >= 11 is 0. The fourth-order valence-electron chi connectivity index (χ4n) is 2.03. The molecule has 0 spiro atoms. The van der Waals surface area contributed by atoms with Crippen molar-refractivity contribution in [2.75, 3.05) is 39.3 Å². The van der Waals surface area contributed by atoms with Gasteiger partial charge >= 0.3 is 0 Å². The molecule has 0 aromatic carbocycles. The molecule has 18 heavy (non-hydrogen) atoms. The van der Waals surface area contributed by atoms with Gasteiger partial charge in [-0.15, -0.1) is 0 Å². The molecule has 1 heterocycles. The van der Waals surface area contributed by atoms with Crippen LogP contribution in [0.25, 0.3) is 0 Å². The largest absolute Gasteiger partial charge is 0.347 e. The zero-order valence-corrected chi connectivity index (χ0v) is 11.6. The second-order valence-electron chi connectivity index (χ2n) is 4.70. The van der Waals surface area contributed by atoms with E-state index in [9.17, 15) is 9.59 Å². The van der Waals surface area contributed by atoms with Crippen molar-refractivity contribution in [1.82, 2.24) is 15.1 Å². The summed E-state index contributed by atoms with van der Waals surface area (Å²) < 4.78 is 0. The monoisotopic (exact) mass is 255 g/mol. The summed E-state index contributed by atoms with van der Waals surface area (Å²) in [6.45, 7) is 8.79. The Kier molecular flexibility index (Phi) is 6.72. The lowest BCUT2D eigenvalue weighted by Crippen LogP contribution is -2.51. The van der Waals surface area contributed by atoms with Crippen LogP contribution in [0.4, 0.5) is 0 Å². The number of carbonyl (C=O) groups excluding carboxylic acids is 2.